The minimum Gasteiger partial charge on any atom is -0.383 e. The summed E-state index contributed by atoms with van der Waals surface area (Å²) in [4.78, 5) is 2.18. The van der Waals surface area contributed by atoms with E-state index >= 15 is 0 Å². The highest BCUT2D eigenvalue weighted by molar-refractivity contribution is 6.31. The molecule has 0 aliphatic carbocycles. The van der Waals surface area contributed by atoms with Gasteiger partial charge >= 0.3 is 0 Å². The van der Waals surface area contributed by atoms with Gasteiger partial charge in [-0.3, -0.25) is 0 Å². The molecule has 96 valence electrons. The fourth-order valence-electron chi connectivity index (χ4n) is 1.86. The molecule has 0 spiro atoms. The maximum atomic E-state index is 6.22. The average molecular weight is 257 g/mol. The third kappa shape index (κ3) is 3.60. The Morgan fingerprint density at radius 1 is 1.47 bits per heavy atom. The van der Waals surface area contributed by atoms with Crippen LogP contribution in [0.25, 0.3) is 0 Å². The molecular formula is C13H21ClN2O. The first-order valence-corrected chi connectivity index (χ1v) is 6.18. The molecule has 2 N–H and O–H groups in total. The normalized spacial score (nSPS) is 12.5. The van der Waals surface area contributed by atoms with Crippen LogP contribution in [0, 0.1) is 0 Å². The summed E-state index contributed by atoms with van der Waals surface area (Å²) >= 11 is 6.22. The lowest BCUT2D eigenvalue weighted by atomic mass is 10.1. The number of ether oxygens (including phenoxy) is 1. The molecule has 0 bridgehead atoms. The van der Waals surface area contributed by atoms with E-state index < -0.39 is 0 Å². The molecule has 0 heterocycles. The Bertz CT molecular complexity index is 357. The lowest BCUT2D eigenvalue weighted by molar-refractivity contribution is 0.183. The van der Waals surface area contributed by atoms with Crippen molar-refractivity contribution in [3.63, 3.8) is 0 Å². The van der Waals surface area contributed by atoms with Crippen LogP contribution in [0.5, 0.6) is 0 Å². The third-order valence-corrected chi connectivity index (χ3v) is 3.29. The highest BCUT2D eigenvalue weighted by Gasteiger charge is 2.14. The van der Waals surface area contributed by atoms with Gasteiger partial charge in [-0.15, -0.1) is 0 Å². The van der Waals surface area contributed by atoms with E-state index in [1.54, 1.807) is 7.11 Å². The molecule has 0 fully saturated rings. The van der Waals surface area contributed by atoms with Gasteiger partial charge in [-0.1, -0.05) is 17.7 Å². The molecule has 1 aromatic rings. The van der Waals surface area contributed by atoms with Crippen molar-refractivity contribution in [2.75, 3.05) is 32.2 Å². The van der Waals surface area contributed by atoms with Gasteiger partial charge in [0.1, 0.15) is 0 Å². The van der Waals surface area contributed by atoms with Crippen molar-refractivity contribution in [3.05, 3.63) is 28.8 Å². The lowest BCUT2D eigenvalue weighted by Crippen LogP contribution is -2.33. The van der Waals surface area contributed by atoms with E-state index in [0.717, 1.165) is 22.7 Å². The predicted molar refractivity (Wildman–Crippen MR) is 74.0 cm³/mol. The summed E-state index contributed by atoms with van der Waals surface area (Å²) in [6.45, 7) is 3.41. The maximum absolute atomic E-state index is 6.22. The number of hydrogen-bond donors (Lipinski definition) is 1. The summed E-state index contributed by atoms with van der Waals surface area (Å²) in [7, 11) is 3.76. The SMILES string of the molecule is COCC(C)N(C)c1cccc(Cl)c1CCN. The molecule has 1 aromatic carbocycles. The minimum atomic E-state index is 0.301. The summed E-state index contributed by atoms with van der Waals surface area (Å²) in [5, 5.41) is 0.782. The molecule has 0 saturated heterocycles. The second-order valence-electron chi connectivity index (χ2n) is 4.19. The van der Waals surface area contributed by atoms with E-state index in [-0.39, 0.29) is 0 Å². The Kier molecular flexibility index (Phi) is 5.75. The van der Waals surface area contributed by atoms with Crippen LogP contribution < -0.4 is 10.6 Å². The Hall–Kier alpha value is -0.770. The molecule has 0 saturated carbocycles. The van der Waals surface area contributed by atoms with Crippen LogP contribution in [0.4, 0.5) is 5.69 Å². The van der Waals surface area contributed by atoms with Gasteiger partial charge < -0.3 is 15.4 Å². The second kappa shape index (κ2) is 6.84. The summed E-state index contributed by atoms with van der Waals surface area (Å²) in [5.41, 5.74) is 7.88. The van der Waals surface area contributed by atoms with Crippen molar-refractivity contribution < 1.29 is 4.74 Å². The maximum Gasteiger partial charge on any atom is 0.0663 e. The molecule has 0 aliphatic heterocycles. The second-order valence-corrected chi connectivity index (χ2v) is 4.60. The number of nitrogens with two attached hydrogens (primary N) is 1. The summed E-state index contributed by atoms with van der Waals surface area (Å²) in [5.74, 6) is 0. The molecular weight excluding hydrogens is 236 g/mol. The molecule has 0 aliphatic rings. The fourth-order valence-corrected chi connectivity index (χ4v) is 2.12. The first kappa shape index (κ1) is 14.3. The zero-order chi connectivity index (χ0) is 12.8. The Balaban J connectivity index is 2.99. The van der Waals surface area contributed by atoms with Crippen LogP contribution in [0.15, 0.2) is 18.2 Å². The van der Waals surface area contributed by atoms with Gasteiger partial charge in [0.2, 0.25) is 0 Å². The van der Waals surface area contributed by atoms with Crippen molar-refractivity contribution in [3.8, 4) is 0 Å². The lowest BCUT2D eigenvalue weighted by Gasteiger charge is -2.29. The standard InChI is InChI=1S/C13H21ClN2O/c1-10(9-17-3)16(2)13-6-4-5-12(14)11(13)7-8-15/h4-6,10H,7-9,15H2,1-3H3. The Labute approximate surface area is 109 Å². The predicted octanol–water partition coefficient (Wildman–Crippen LogP) is 2.31. The van der Waals surface area contributed by atoms with Crippen molar-refractivity contribution in [2.45, 2.75) is 19.4 Å². The first-order chi connectivity index (χ1) is 8.11. The summed E-state index contributed by atoms with van der Waals surface area (Å²) in [6, 6.07) is 6.25. The quantitative estimate of drug-likeness (QED) is 0.849. The molecule has 0 radical (unpaired) electrons. The van der Waals surface area contributed by atoms with Crippen molar-refractivity contribution in [2.24, 2.45) is 5.73 Å². The van der Waals surface area contributed by atoms with Gasteiger partial charge in [0.15, 0.2) is 0 Å². The van der Waals surface area contributed by atoms with Gasteiger partial charge in [0, 0.05) is 30.9 Å². The number of benzene rings is 1. The molecule has 3 nitrogen and oxygen atoms in total. The van der Waals surface area contributed by atoms with E-state index in [1.165, 1.54) is 0 Å². The summed E-state index contributed by atoms with van der Waals surface area (Å²) < 4.78 is 5.18. The third-order valence-electron chi connectivity index (χ3n) is 2.94. The number of nitrogens with zero attached hydrogens (tertiary/aromatic N) is 1. The number of hydrogen-bond acceptors (Lipinski definition) is 3. The number of likely N-dealkylation sites (N-methyl/N-ethyl adjacent to an activating group) is 1. The Morgan fingerprint density at radius 2 is 2.18 bits per heavy atom. The molecule has 0 amide bonds. The fraction of sp³-hybridized carbons (Fsp3) is 0.538. The van der Waals surface area contributed by atoms with Gasteiger partial charge in [0.25, 0.3) is 0 Å². The number of rotatable bonds is 6. The van der Waals surface area contributed by atoms with Crippen LogP contribution in [-0.4, -0.2) is 33.4 Å². The highest BCUT2D eigenvalue weighted by Crippen LogP contribution is 2.28. The molecule has 1 unspecified atom stereocenters. The van der Waals surface area contributed by atoms with Crippen LogP contribution in [0.1, 0.15) is 12.5 Å². The van der Waals surface area contributed by atoms with Crippen molar-refractivity contribution in [1.82, 2.24) is 0 Å². The van der Waals surface area contributed by atoms with Crippen LogP contribution >= 0.6 is 11.6 Å². The zero-order valence-electron chi connectivity index (χ0n) is 10.7. The van der Waals surface area contributed by atoms with E-state index in [4.69, 9.17) is 22.1 Å². The van der Waals surface area contributed by atoms with Gasteiger partial charge in [0.05, 0.1) is 6.61 Å². The van der Waals surface area contributed by atoms with Crippen LogP contribution in [0.2, 0.25) is 5.02 Å². The van der Waals surface area contributed by atoms with Gasteiger partial charge in [-0.25, -0.2) is 0 Å². The number of anilines is 1. The van der Waals surface area contributed by atoms with Crippen molar-refractivity contribution in [1.29, 1.82) is 0 Å². The van der Waals surface area contributed by atoms with E-state index in [9.17, 15) is 0 Å². The first-order valence-electron chi connectivity index (χ1n) is 5.81. The van der Waals surface area contributed by atoms with Gasteiger partial charge in [-0.2, -0.15) is 0 Å². The smallest absolute Gasteiger partial charge is 0.0663 e. The van der Waals surface area contributed by atoms with E-state index in [1.807, 2.05) is 12.1 Å². The highest BCUT2D eigenvalue weighted by atomic mass is 35.5. The molecule has 4 heteroatoms. The number of methoxy groups -OCH3 is 1. The minimum absolute atomic E-state index is 0.301. The van der Waals surface area contributed by atoms with Crippen LogP contribution in [0.3, 0.4) is 0 Å². The van der Waals surface area contributed by atoms with Crippen LogP contribution in [-0.2, 0) is 11.2 Å². The molecule has 17 heavy (non-hydrogen) atoms. The van der Waals surface area contributed by atoms with E-state index in [0.29, 0.717) is 19.2 Å². The molecule has 1 atom stereocenters. The largest absolute Gasteiger partial charge is 0.383 e. The molecule has 0 aromatic heterocycles. The summed E-state index contributed by atoms with van der Waals surface area (Å²) in [6.07, 6.45) is 0.791. The van der Waals surface area contributed by atoms with Gasteiger partial charge in [-0.05, 0) is 37.6 Å². The Morgan fingerprint density at radius 3 is 2.76 bits per heavy atom. The zero-order valence-corrected chi connectivity index (χ0v) is 11.5. The molecule has 1 rings (SSSR count). The van der Waals surface area contributed by atoms with E-state index in [2.05, 4.69) is 24.9 Å². The average Bonchev–Trinajstić information content (AvgIpc) is 2.31. The monoisotopic (exact) mass is 256 g/mol. The van der Waals surface area contributed by atoms with Crippen molar-refractivity contribution >= 4 is 17.3 Å². The number of halogens is 1. The topological polar surface area (TPSA) is 38.5 Å².